The summed E-state index contributed by atoms with van der Waals surface area (Å²) >= 11 is 3.51. The summed E-state index contributed by atoms with van der Waals surface area (Å²) in [6.07, 6.45) is 3.20. The lowest BCUT2D eigenvalue weighted by Crippen LogP contribution is -2.38. The van der Waals surface area contributed by atoms with Crippen LogP contribution in [0.5, 0.6) is 0 Å². The number of nitrogens with zero attached hydrogens (tertiary/aromatic N) is 1. The van der Waals surface area contributed by atoms with Crippen LogP contribution in [-0.4, -0.2) is 28.4 Å². The lowest BCUT2D eigenvalue weighted by Gasteiger charge is -2.24. The van der Waals surface area contributed by atoms with Gasteiger partial charge in [0.25, 0.3) is 5.91 Å². The number of carbonyl (C=O) groups excluding carboxylic acids is 1. The number of aliphatic hydroxyl groups excluding tert-OH is 1. The highest BCUT2D eigenvalue weighted by Crippen LogP contribution is 2.28. The van der Waals surface area contributed by atoms with E-state index in [1.165, 1.54) is 0 Å². The molecule has 138 valence electrons. The van der Waals surface area contributed by atoms with E-state index in [1.807, 2.05) is 44.3 Å². The fraction of sp³-hybridized carbons (Fsp3) is 0.350. The zero-order valence-corrected chi connectivity index (χ0v) is 17.0. The molecule has 1 unspecified atom stereocenters. The fourth-order valence-corrected chi connectivity index (χ4v) is 3.80. The number of aromatic nitrogens is 1. The molecule has 0 fully saturated rings. The third kappa shape index (κ3) is 3.57. The molecule has 1 atom stereocenters. The maximum atomic E-state index is 12.8. The van der Waals surface area contributed by atoms with Crippen molar-refractivity contribution in [2.45, 2.75) is 40.0 Å². The molecule has 2 heterocycles. The Bertz CT molecular complexity index is 925. The van der Waals surface area contributed by atoms with Gasteiger partial charge in [-0.1, -0.05) is 15.9 Å². The fourth-order valence-electron chi connectivity index (χ4n) is 3.35. The first-order chi connectivity index (χ1) is 12.3. The normalized spacial score (nSPS) is 17.5. The smallest absolute Gasteiger partial charge is 0.252 e. The molecule has 0 radical (unpaired) electrons. The molecule has 6 heteroatoms. The number of halogens is 1. The predicted octanol–water partition coefficient (Wildman–Crippen LogP) is 3.86. The second kappa shape index (κ2) is 7.29. The molecule has 1 aliphatic heterocycles. The highest BCUT2D eigenvalue weighted by molar-refractivity contribution is 9.10. The molecule has 1 aromatic carbocycles. The van der Waals surface area contributed by atoms with E-state index in [0.29, 0.717) is 18.2 Å². The van der Waals surface area contributed by atoms with Crippen LogP contribution in [-0.2, 0) is 0 Å². The monoisotopic (exact) mass is 417 g/mol. The first-order valence-corrected chi connectivity index (χ1v) is 9.48. The molecule has 0 aliphatic carbocycles. The van der Waals surface area contributed by atoms with Gasteiger partial charge in [0, 0.05) is 45.5 Å². The van der Waals surface area contributed by atoms with Crippen LogP contribution in [0.15, 0.2) is 51.8 Å². The molecule has 0 bridgehead atoms. The first kappa shape index (κ1) is 18.7. The molecule has 26 heavy (non-hydrogen) atoms. The van der Waals surface area contributed by atoms with E-state index in [0.717, 1.165) is 32.2 Å². The Balaban J connectivity index is 1.88. The Morgan fingerprint density at radius 2 is 2.12 bits per heavy atom. The van der Waals surface area contributed by atoms with Crippen molar-refractivity contribution < 1.29 is 9.90 Å². The van der Waals surface area contributed by atoms with E-state index in [4.69, 9.17) is 0 Å². The van der Waals surface area contributed by atoms with E-state index in [-0.39, 0.29) is 5.91 Å². The van der Waals surface area contributed by atoms with Gasteiger partial charge in [0.15, 0.2) is 0 Å². The summed E-state index contributed by atoms with van der Waals surface area (Å²) in [6, 6.07) is 6.15. The van der Waals surface area contributed by atoms with Gasteiger partial charge in [-0.05, 0) is 57.5 Å². The number of dihydropyridines is 1. The highest BCUT2D eigenvalue weighted by atomic mass is 79.9. The van der Waals surface area contributed by atoms with Crippen molar-refractivity contribution in [2.24, 2.45) is 0 Å². The number of nitrogens with one attached hydrogen (secondary N) is 2. The summed E-state index contributed by atoms with van der Waals surface area (Å²) in [6.45, 7) is 8.36. The van der Waals surface area contributed by atoms with Gasteiger partial charge in [-0.25, -0.2) is 0 Å². The average Bonchev–Trinajstić information content (AvgIpc) is 2.96. The minimum Gasteiger partial charge on any atom is -0.370 e. The number of benzene rings is 1. The molecule has 0 saturated heterocycles. The van der Waals surface area contributed by atoms with Crippen LogP contribution in [0.1, 0.15) is 44.1 Å². The molecular formula is C20H24BrN3O2. The Kier molecular flexibility index (Phi) is 5.25. The van der Waals surface area contributed by atoms with Gasteiger partial charge in [-0.15, -0.1) is 0 Å². The molecule has 1 aliphatic rings. The van der Waals surface area contributed by atoms with E-state index < -0.39 is 6.23 Å². The molecule has 0 spiro atoms. The van der Waals surface area contributed by atoms with Gasteiger partial charge >= 0.3 is 0 Å². The number of carbonyl (C=O) groups is 1. The number of rotatable bonds is 4. The van der Waals surface area contributed by atoms with Gasteiger partial charge in [0.05, 0.1) is 5.52 Å². The number of aliphatic hydroxyl groups is 1. The van der Waals surface area contributed by atoms with Gasteiger partial charge in [-0.3, -0.25) is 4.79 Å². The lowest BCUT2D eigenvalue weighted by atomic mass is 10.0. The summed E-state index contributed by atoms with van der Waals surface area (Å²) in [5.41, 5.74) is 4.30. The SMILES string of the molecule is CC1=CC(C)=C(CNC(=O)c2cc(Br)cc3c2ccn3C(C)C)C(O)N1. The van der Waals surface area contributed by atoms with Crippen molar-refractivity contribution in [3.8, 4) is 0 Å². The second-order valence-corrected chi connectivity index (χ2v) is 7.88. The van der Waals surface area contributed by atoms with Crippen LogP contribution in [0.25, 0.3) is 10.9 Å². The maximum absolute atomic E-state index is 12.8. The zero-order valence-electron chi connectivity index (χ0n) is 15.4. The minimum atomic E-state index is -0.773. The van der Waals surface area contributed by atoms with E-state index in [9.17, 15) is 9.90 Å². The molecule has 1 aromatic heterocycles. The largest absolute Gasteiger partial charge is 0.370 e. The number of allylic oxidation sites excluding steroid dienone is 3. The Labute approximate surface area is 161 Å². The number of hydrogen-bond donors (Lipinski definition) is 3. The number of amides is 1. The van der Waals surface area contributed by atoms with Gasteiger partial charge in [0.2, 0.25) is 0 Å². The predicted molar refractivity (Wildman–Crippen MR) is 108 cm³/mol. The van der Waals surface area contributed by atoms with Gasteiger partial charge < -0.3 is 20.3 Å². The van der Waals surface area contributed by atoms with Crippen molar-refractivity contribution >= 4 is 32.7 Å². The summed E-state index contributed by atoms with van der Waals surface area (Å²) in [5.74, 6) is -0.156. The van der Waals surface area contributed by atoms with Crippen molar-refractivity contribution in [1.29, 1.82) is 0 Å². The van der Waals surface area contributed by atoms with Crippen LogP contribution in [0.3, 0.4) is 0 Å². The van der Waals surface area contributed by atoms with Crippen LogP contribution in [0, 0.1) is 0 Å². The summed E-state index contributed by atoms with van der Waals surface area (Å²) < 4.78 is 3.01. The van der Waals surface area contributed by atoms with Gasteiger partial charge in [0.1, 0.15) is 6.23 Å². The standard InChI is InChI=1S/C20H24BrN3O2/c1-11(2)24-6-5-15-16(8-14(21)9-18(15)24)19(25)22-10-17-12(3)7-13(4)23-20(17)26/h5-9,11,20,23,26H,10H2,1-4H3,(H,22,25). The van der Waals surface area contributed by atoms with Crippen LogP contribution < -0.4 is 10.6 Å². The Morgan fingerprint density at radius 3 is 2.77 bits per heavy atom. The first-order valence-electron chi connectivity index (χ1n) is 8.68. The van der Waals surface area contributed by atoms with Crippen molar-refractivity contribution in [1.82, 2.24) is 15.2 Å². The highest BCUT2D eigenvalue weighted by Gasteiger charge is 2.20. The molecule has 0 saturated carbocycles. The molecule has 3 N–H and O–H groups in total. The van der Waals surface area contributed by atoms with Crippen molar-refractivity contribution in [3.63, 3.8) is 0 Å². The third-order valence-electron chi connectivity index (χ3n) is 4.68. The molecule has 1 amide bonds. The van der Waals surface area contributed by atoms with Crippen molar-refractivity contribution in [2.75, 3.05) is 6.54 Å². The quantitative estimate of drug-likeness (QED) is 0.707. The van der Waals surface area contributed by atoms with Crippen molar-refractivity contribution in [3.05, 3.63) is 57.4 Å². The maximum Gasteiger partial charge on any atom is 0.252 e. The summed E-state index contributed by atoms with van der Waals surface area (Å²) in [5, 5.41) is 17.0. The van der Waals surface area contributed by atoms with Crippen LogP contribution in [0.4, 0.5) is 0 Å². The molecule has 2 aromatic rings. The second-order valence-electron chi connectivity index (χ2n) is 6.97. The van der Waals surface area contributed by atoms with Crippen LogP contribution in [0.2, 0.25) is 0 Å². The molecular weight excluding hydrogens is 394 g/mol. The lowest BCUT2D eigenvalue weighted by molar-refractivity contribution is 0.0954. The van der Waals surface area contributed by atoms with Crippen LogP contribution >= 0.6 is 15.9 Å². The van der Waals surface area contributed by atoms with E-state index in [1.54, 1.807) is 0 Å². The Hall–Kier alpha value is -2.05. The minimum absolute atomic E-state index is 0.156. The average molecular weight is 418 g/mol. The third-order valence-corrected chi connectivity index (χ3v) is 5.14. The number of hydrogen-bond acceptors (Lipinski definition) is 3. The molecule has 3 rings (SSSR count). The van der Waals surface area contributed by atoms with Gasteiger partial charge in [-0.2, -0.15) is 0 Å². The van der Waals surface area contributed by atoms with E-state index in [2.05, 4.69) is 45.0 Å². The number of fused-ring (bicyclic) bond motifs is 1. The van der Waals surface area contributed by atoms with E-state index >= 15 is 0 Å². The molecule has 5 nitrogen and oxygen atoms in total. The Morgan fingerprint density at radius 1 is 1.38 bits per heavy atom. The zero-order chi connectivity index (χ0) is 19.0. The summed E-state index contributed by atoms with van der Waals surface area (Å²) in [7, 11) is 0. The topological polar surface area (TPSA) is 66.3 Å². The summed E-state index contributed by atoms with van der Waals surface area (Å²) in [4.78, 5) is 12.8.